The van der Waals surface area contributed by atoms with Gasteiger partial charge in [-0.3, -0.25) is 0 Å². The van der Waals surface area contributed by atoms with Crippen LogP contribution in [0.2, 0.25) is 0 Å². The Hall–Kier alpha value is 0.01000. The van der Waals surface area contributed by atoms with Crippen molar-refractivity contribution in [2.24, 2.45) is 0 Å². The molecule has 0 radical (unpaired) electrons. The molecule has 9 heavy (non-hydrogen) atoms. The molecule has 1 aromatic heterocycles. The predicted molar refractivity (Wildman–Crippen MR) is 39.7 cm³/mol. The summed E-state index contributed by atoms with van der Waals surface area (Å²) in [4.78, 5) is 2.67. The van der Waals surface area contributed by atoms with Crippen LogP contribution in [0.1, 0.15) is 17.9 Å². The molecular formula is C6H6OS2. The van der Waals surface area contributed by atoms with Gasteiger partial charge in [0.1, 0.15) is 6.10 Å². The maximum Gasteiger partial charge on any atom is 0.105 e. The fourth-order valence-corrected chi connectivity index (χ4v) is 2.73. The summed E-state index contributed by atoms with van der Waals surface area (Å²) < 4.78 is 5.29. The molecule has 0 spiro atoms. The Morgan fingerprint density at radius 3 is 3.33 bits per heavy atom. The summed E-state index contributed by atoms with van der Waals surface area (Å²) in [5.74, 6) is 0. The van der Waals surface area contributed by atoms with Crippen LogP contribution in [0.4, 0.5) is 0 Å². The van der Waals surface area contributed by atoms with E-state index in [0.717, 1.165) is 0 Å². The van der Waals surface area contributed by atoms with Crippen LogP contribution in [0.25, 0.3) is 0 Å². The van der Waals surface area contributed by atoms with Crippen LogP contribution in [0.15, 0.2) is 16.3 Å². The van der Waals surface area contributed by atoms with Crippen molar-refractivity contribution in [3.63, 3.8) is 0 Å². The summed E-state index contributed by atoms with van der Waals surface area (Å²) in [6.45, 7) is 2.08. The molecule has 2 heterocycles. The molecule has 0 N–H and O–H groups in total. The molecule has 0 fully saturated rings. The van der Waals surface area contributed by atoms with Crippen molar-refractivity contribution < 1.29 is 4.18 Å². The first-order valence-corrected chi connectivity index (χ1v) is 4.41. The van der Waals surface area contributed by atoms with Crippen LogP contribution >= 0.6 is 23.4 Å². The second-order valence-corrected chi connectivity index (χ2v) is 3.72. The van der Waals surface area contributed by atoms with Gasteiger partial charge in [0.05, 0.1) is 9.77 Å². The van der Waals surface area contributed by atoms with Crippen LogP contribution < -0.4 is 0 Å². The summed E-state index contributed by atoms with van der Waals surface area (Å²) in [7, 11) is 0. The summed E-state index contributed by atoms with van der Waals surface area (Å²) in [5.41, 5.74) is 0. The van der Waals surface area contributed by atoms with Crippen LogP contribution in [0.5, 0.6) is 0 Å². The van der Waals surface area contributed by atoms with Crippen molar-refractivity contribution >= 4 is 23.4 Å². The maximum absolute atomic E-state index is 5.29. The second kappa shape index (κ2) is 2.01. The lowest BCUT2D eigenvalue weighted by Gasteiger charge is -1.95. The highest BCUT2D eigenvalue weighted by Crippen LogP contribution is 2.43. The largest absolute Gasteiger partial charge is 0.302 e. The van der Waals surface area contributed by atoms with Gasteiger partial charge in [-0.2, -0.15) is 0 Å². The zero-order valence-corrected chi connectivity index (χ0v) is 6.59. The molecule has 0 aliphatic carbocycles. The molecule has 0 aromatic carbocycles. The molecule has 0 saturated carbocycles. The van der Waals surface area contributed by atoms with E-state index in [1.807, 2.05) is 0 Å². The van der Waals surface area contributed by atoms with E-state index in [9.17, 15) is 0 Å². The van der Waals surface area contributed by atoms with Gasteiger partial charge < -0.3 is 4.18 Å². The standard InChI is InChI=1S/C6H6OS2/c1-4-6-5(9-7-4)2-3-8-6/h2-4H,1H3. The van der Waals surface area contributed by atoms with Gasteiger partial charge in [0, 0.05) is 12.0 Å². The van der Waals surface area contributed by atoms with E-state index < -0.39 is 0 Å². The molecule has 0 bridgehead atoms. The lowest BCUT2D eigenvalue weighted by atomic mass is 10.3. The molecule has 3 heteroatoms. The predicted octanol–water partition coefficient (Wildman–Crippen LogP) is 2.85. The minimum atomic E-state index is 0.310. The van der Waals surface area contributed by atoms with Crippen LogP contribution in [-0.2, 0) is 4.18 Å². The van der Waals surface area contributed by atoms with Crippen LogP contribution in [0.3, 0.4) is 0 Å². The molecule has 2 rings (SSSR count). The number of hydrogen-bond acceptors (Lipinski definition) is 3. The van der Waals surface area contributed by atoms with Gasteiger partial charge in [-0.15, -0.1) is 11.3 Å². The van der Waals surface area contributed by atoms with E-state index in [0.29, 0.717) is 6.10 Å². The Balaban J connectivity index is 2.49. The Kier molecular flexibility index (Phi) is 1.29. The second-order valence-electron chi connectivity index (χ2n) is 1.97. The molecule has 1 aliphatic heterocycles. The number of rotatable bonds is 0. The first kappa shape index (κ1) is 5.77. The Morgan fingerprint density at radius 2 is 2.56 bits per heavy atom. The lowest BCUT2D eigenvalue weighted by molar-refractivity contribution is 0.290. The van der Waals surface area contributed by atoms with Gasteiger partial charge >= 0.3 is 0 Å². The van der Waals surface area contributed by atoms with Gasteiger partial charge in [0.2, 0.25) is 0 Å². The number of thiophene rings is 1. The minimum absolute atomic E-state index is 0.310. The Labute approximate surface area is 62.2 Å². The molecule has 1 nitrogen and oxygen atoms in total. The summed E-state index contributed by atoms with van der Waals surface area (Å²) in [5, 5.41) is 2.11. The Morgan fingerprint density at radius 1 is 1.67 bits per heavy atom. The quantitative estimate of drug-likeness (QED) is 0.537. The SMILES string of the molecule is CC1OSc2ccsc21. The van der Waals surface area contributed by atoms with Crippen molar-refractivity contribution in [2.45, 2.75) is 17.9 Å². The van der Waals surface area contributed by atoms with E-state index in [-0.39, 0.29) is 0 Å². The summed E-state index contributed by atoms with van der Waals surface area (Å²) >= 11 is 3.27. The third kappa shape index (κ3) is 0.801. The zero-order valence-electron chi connectivity index (χ0n) is 4.96. The molecule has 1 atom stereocenters. The first-order chi connectivity index (χ1) is 4.38. The number of hydrogen-bond donors (Lipinski definition) is 0. The van der Waals surface area contributed by atoms with Gasteiger partial charge in [0.15, 0.2) is 0 Å². The molecule has 1 aliphatic rings. The smallest absolute Gasteiger partial charge is 0.105 e. The lowest BCUT2D eigenvalue weighted by Crippen LogP contribution is -1.80. The van der Waals surface area contributed by atoms with Gasteiger partial charge in [-0.1, -0.05) is 0 Å². The fourth-order valence-electron chi connectivity index (χ4n) is 0.842. The van der Waals surface area contributed by atoms with Crippen molar-refractivity contribution in [1.29, 1.82) is 0 Å². The molecular weight excluding hydrogens is 152 g/mol. The fraction of sp³-hybridized carbons (Fsp3) is 0.333. The van der Waals surface area contributed by atoms with Gasteiger partial charge in [0.25, 0.3) is 0 Å². The van der Waals surface area contributed by atoms with E-state index in [4.69, 9.17) is 4.18 Å². The highest BCUT2D eigenvalue weighted by Gasteiger charge is 2.21. The average Bonchev–Trinajstić information content (AvgIpc) is 2.35. The van der Waals surface area contributed by atoms with E-state index in [1.54, 1.807) is 11.3 Å². The summed E-state index contributed by atoms with van der Waals surface area (Å²) in [6, 6.07) is 2.11. The van der Waals surface area contributed by atoms with Gasteiger partial charge in [-0.25, -0.2) is 0 Å². The highest BCUT2D eigenvalue weighted by atomic mass is 32.2. The molecule has 1 unspecified atom stereocenters. The zero-order chi connectivity index (χ0) is 6.27. The van der Waals surface area contributed by atoms with Crippen molar-refractivity contribution in [3.8, 4) is 0 Å². The first-order valence-electron chi connectivity index (χ1n) is 2.78. The molecule has 0 saturated heterocycles. The number of fused-ring (bicyclic) bond motifs is 1. The molecule has 1 aromatic rings. The van der Waals surface area contributed by atoms with Gasteiger partial charge in [-0.05, 0) is 18.4 Å². The normalized spacial score (nSPS) is 24.3. The maximum atomic E-state index is 5.29. The van der Waals surface area contributed by atoms with E-state index in [1.165, 1.54) is 21.8 Å². The Bertz CT molecular complexity index is 219. The summed E-state index contributed by atoms with van der Waals surface area (Å²) in [6.07, 6.45) is 0.310. The highest BCUT2D eigenvalue weighted by molar-refractivity contribution is 7.95. The van der Waals surface area contributed by atoms with E-state index >= 15 is 0 Å². The third-order valence-corrected chi connectivity index (χ3v) is 3.44. The van der Waals surface area contributed by atoms with E-state index in [2.05, 4.69) is 18.4 Å². The molecule has 0 amide bonds. The topological polar surface area (TPSA) is 9.23 Å². The third-order valence-electron chi connectivity index (χ3n) is 1.31. The van der Waals surface area contributed by atoms with Crippen molar-refractivity contribution in [3.05, 3.63) is 16.3 Å². The van der Waals surface area contributed by atoms with Crippen molar-refractivity contribution in [2.75, 3.05) is 0 Å². The minimum Gasteiger partial charge on any atom is -0.302 e. The molecule has 48 valence electrons. The average molecular weight is 158 g/mol. The van der Waals surface area contributed by atoms with Crippen molar-refractivity contribution in [1.82, 2.24) is 0 Å². The van der Waals surface area contributed by atoms with Crippen LogP contribution in [0, 0.1) is 0 Å². The monoisotopic (exact) mass is 158 g/mol. The van der Waals surface area contributed by atoms with Crippen LogP contribution in [-0.4, -0.2) is 0 Å².